The second kappa shape index (κ2) is 10.8. The first kappa shape index (κ1) is 28.9. The Morgan fingerprint density at radius 1 is 1.00 bits per heavy atom. The average Bonchev–Trinajstić information content (AvgIpc) is 2.86. The molecule has 0 heterocycles. The largest absolute Gasteiger partial charge is 0.458 e. The number of aliphatic hydroxyl groups is 3. The first-order chi connectivity index (χ1) is 18.3. The topological polar surface area (TPSA) is 130 Å². The molecule has 0 aromatic heterocycles. The molecule has 0 radical (unpaired) electrons. The van der Waals surface area contributed by atoms with Crippen LogP contribution in [0.25, 0.3) is 6.08 Å². The fourth-order valence-electron chi connectivity index (χ4n) is 6.55. The molecular formula is C31H38O8. The van der Waals surface area contributed by atoms with E-state index >= 15 is 0 Å². The number of hydrogen-bond donors (Lipinski definition) is 3. The standard InChI is InChI=1S/C31H38O8/c1-17-23(38-18(2)32)14-21-22(33)13-20-16-31(5,29(37)28(36)27(17)30(21,3)4)25(34)15-24(20)39-26(35)12-11-19-9-7-6-8-10-19/h6-13,21-25,28,33-34,36H,14-16H2,1-5H3/b12-11+,20-13+/t21-,22-,23-,24-,25-,28+,31-/m0/s1. The van der Waals surface area contributed by atoms with E-state index in [-0.39, 0.29) is 19.3 Å². The lowest BCUT2D eigenvalue weighted by Gasteiger charge is -2.50. The van der Waals surface area contributed by atoms with Crippen LogP contribution in [0.1, 0.15) is 59.4 Å². The van der Waals surface area contributed by atoms with E-state index in [1.165, 1.54) is 13.0 Å². The summed E-state index contributed by atoms with van der Waals surface area (Å²) in [6.07, 6.45) is -0.648. The number of carbonyl (C=O) groups is 3. The van der Waals surface area contributed by atoms with Crippen molar-refractivity contribution in [1.29, 1.82) is 0 Å². The van der Waals surface area contributed by atoms with Crippen LogP contribution in [-0.4, -0.2) is 63.6 Å². The number of hydrogen-bond acceptors (Lipinski definition) is 8. The Bertz CT molecular complexity index is 1230. The van der Waals surface area contributed by atoms with Crippen LogP contribution in [0.15, 0.2) is 59.2 Å². The zero-order valence-corrected chi connectivity index (χ0v) is 23.1. The Kier molecular flexibility index (Phi) is 8.03. The minimum atomic E-state index is -1.57. The zero-order chi connectivity index (χ0) is 28.7. The summed E-state index contributed by atoms with van der Waals surface area (Å²) in [5, 5.41) is 34.2. The van der Waals surface area contributed by atoms with Gasteiger partial charge in [-0.3, -0.25) is 9.59 Å². The van der Waals surface area contributed by atoms with Crippen LogP contribution in [0.2, 0.25) is 0 Å². The zero-order valence-electron chi connectivity index (χ0n) is 23.1. The van der Waals surface area contributed by atoms with Crippen molar-refractivity contribution in [2.24, 2.45) is 16.7 Å². The quantitative estimate of drug-likeness (QED) is 0.303. The van der Waals surface area contributed by atoms with Crippen molar-refractivity contribution >= 4 is 23.8 Å². The number of Topliss-reactive ketones (excluding diaryl/α,β-unsaturated/α-hetero) is 1. The minimum Gasteiger partial charge on any atom is -0.458 e. The maximum atomic E-state index is 13.9. The van der Waals surface area contributed by atoms with Crippen LogP contribution in [0, 0.1) is 16.7 Å². The average molecular weight is 539 g/mol. The molecule has 7 atom stereocenters. The summed E-state index contributed by atoms with van der Waals surface area (Å²) in [4.78, 5) is 38.4. The van der Waals surface area contributed by atoms with Crippen molar-refractivity contribution in [3.05, 3.63) is 64.8 Å². The highest BCUT2D eigenvalue weighted by Crippen LogP contribution is 2.52. The van der Waals surface area contributed by atoms with E-state index in [1.807, 2.05) is 44.2 Å². The third kappa shape index (κ3) is 5.51. The molecule has 0 spiro atoms. The highest BCUT2D eigenvalue weighted by Gasteiger charge is 2.55. The summed E-state index contributed by atoms with van der Waals surface area (Å²) >= 11 is 0. The molecular weight excluding hydrogens is 500 g/mol. The maximum absolute atomic E-state index is 13.9. The monoisotopic (exact) mass is 538 g/mol. The Hall–Kier alpha value is -3.07. The molecule has 39 heavy (non-hydrogen) atoms. The highest BCUT2D eigenvalue weighted by atomic mass is 16.5. The van der Waals surface area contributed by atoms with Crippen LogP contribution in [0.5, 0.6) is 0 Å². The number of benzene rings is 1. The van der Waals surface area contributed by atoms with Gasteiger partial charge in [0, 0.05) is 25.3 Å². The van der Waals surface area contributed by atoms with Gasteiger partial charge in [0.05, 0.1) is 17.6 Å². The fourth-order valence-corrected chi connectivity index (χ4v) is 6.55. The van der Waals surface area contributed by atoms with Crippen LogP contribution >= 0.6 is 0 Å². The third-order valence-corrected chi connectivity index (χ3v) is 8.81. The molecule has 210 valence electrons. The number of rotatable bonds is 4. The number of carbonyl (C=O) groups excluding carboxylic acids is 3. The maximum Gasteiger partial charge on any atom is 0.331 e. The van der Waals surface area contributed by atoms with Gasteiger partial charge in [-0.05, 0) is 60.5 Å². The molecule has 3 aliphatic carbocycles. The molecule has 1 aromatic rings. The molecule has 0 unspecified atom stereocenters. The van der Waals surface area contributed by atoms with Gasteiger partial charge in [0.1, 0.15) is 18.3 Å². The number of aliphatic hydroxyl groups excluding tert-OH is 3. The Labute approximate surface area is 229 Å². The van der Waals surface area contributed by atoms with Gasteiger partial charge < -0.3 is 24.8 Å². The molecule has 8 nitrogen and oxygen atoms in total. The highest BCUT2D eigenvalue weighted by molar-refractivity contribution is 5.93. The van der Waals surface area contributed by atoms with Crippen LogP contribution in [-0.2, 0) is 23.9 Å². The third-order valence-electron chi connectivity index (χ3n) is 8.81. The van der Waals surface area contributed by atoms with Gasteiger partial charge in [-0.2, -0.15) is 0 Å². The van der Waals surface area contributed by atoms with E-state index in [2.05, 4.69) is 0 Å². The first-order valence-electron chi connectivity index (χ1n) is 13.4. The van der Waals surface area contributed by atoms with Gasteiger partial charge in [-0.25, -0.2) is 4.79 Å². The lowest BCUT2D eigenvalue weighted by molar-refractivity contribution is -0.153. The smallest absolute Gasteiger partial charge is 0.331 e. The van der Waals surface area contributed by atoms with Gasteiger partial charge in [-0.15, -0.1) is 0 Å². The number of ether oxygens (including phenoxy) is 2. The lowest BCUT2D eigenvalue weighted by atomic mass is 9.57. The van der Waals surface area contributed by atoms with Crippen LogP contribution < -0.4 is 0 Å². The number of ketones is 1. The molecule has 4 bridgehead atoms. The summed E-state index contributed by atoms with van der Waals surface area (Å²) in [5.74, 6) is -2.20. The van der Waals surface area contributed by atoms with Crippen molar-refractivity contribution in [3.63, 3.8) is 0 Å². The second-order valence-corrected chi connectivity index (χ2v) is 11.8. The summed E-state index contributed by atoms with van der Waals surface area (Å²) in [6, 6.07) is 9.25. The predicted octanol–water partition coefficient (Wildman–Crippen LogP) is 3.30. The minimum absolute atomic E-state index is 0.00825. The summed E-state index contributed by atoms with van der Waals surface area (Å²) < 4.78 is 11.3. The van der Waals surface area contributed by atoms with Crippen molar-refractivity contribution in [2.45, 2.75) is 84.4 Å². The number of esters is 2. The lowest BCUT2D eigenvalue weighted by Crippen LogP contribution is -2.55. The van der Waals surface area contributed by atoms with Gasteiger partial charge in [0.15, 0.2) is 5.78 Å². The van der Waals surface area contributed by atoms with Crippen molar-refractivity contribution in [3.8, 4) is 0 Å². The normalized spacial score (nSPS) is 35.7. The van der Waals surface area contributed by atoms with E-state index in [4.69, 9.17) is 9.47 Å². The van der Waals surface area contributed by atoms with E-state index < -0.39 is 65.0 Å². The first-order valence-corrected chi connectivity index (χ1v) is 13.4. The molecule has 0 amide bonds. The molecule has 0 aliphatic heterocycles. The van der Waals surface area contributed by atoms with E-state index in [0.717, 1.165) is 5.56 Å². The molecule has 3 N–H and O–H groups in total. The van der Waals surface area contributed by atoms with Crippen molar-refractivity contribution in [1.82, 2.24) is 0 Å². The molecule has 1 fully saturated rings. The Morgan fingerprint density at radius 2 is 1.67 bits per heavy atom. The molecule has 1 saturated carbocycles. The summed E-state index contributed by atoms with van der Waals surface area (Å²) in [7, 11) is 0. The summed E-state index contributed by atoms with van der Waals surface area (Å²) in [5.41, 5.74) is 0.0722. The van der Waals surface area contributed by atoms with Gasteiger partial charge in [0.25, 0.3) is 0 Å². The molecule has 1 aromatic carbocycles. The summed E-state index contributed by atoms with van der Waals surface area (Å²) in [6.45, 7) is 8.30. The van der Waals surface area contributed by atoms with Crippen molar-refractivity contribution < 1.29 is 39.2 Å². The number of fused-ring (bicyclic) bond motifs is 4. The van der Waals surface area contributed by atoms with Gasteiger partial charge in [0.2, 0.25) is 0 Å². The van der Waals surface area contributed by atoms with E-state index in [0.29, 0.717) is 16.7 Å². The Balaban J connectivity index is 1.74. The SMILES string of the molecule is CC(=O)O[C@H]1C[C@H]2[C@@H](O)/C=C3\C[C@](C)(C(=O)[C@H](O)C(=C1C)C2(C)C)[C@@H](O)C[C@@H]3OC(=O)/C=C/c1ccccc1. The molecule has 8 heteroatoms. The molecule has 3 aliphatic rings. The van der Waals surface area contributed by atoms with Crippen LogP contribution in [0.3, 0.4) is 0 Å². The van der Waals surface area contributed by atoms with E-state index in [9.17, 15) is 29.7 Å². The van der Waals surface area contributed by atoms with Crippen LogP contribution in [0.4, 0.5) is 0 Å². The van der Waals surface area contributed by atoms with Gasteiger partial charge in [-0.1, -0.05) is 50.3 Å². The van der Waals surface area contributed by atoms with Crippen molar-refractivity contribution in [2.75, 3.05) is 0 Å². The predicted molar refractivity (Wildman–Crippen MR) is 144 cm³/mol. The molecule has 0 saturated heterocycles. The Morgan fingerprint density at radius 3 is 2.31 bits per heavy atom. The van der Waals surface area contributed by atoms with E-state index in [1.54, 1.807) is 26.0 Å². The second-order valence-electron chi connectivity index (χ2n) is 11.8. The molecule has 4 rings (SSSR count). The van der Waals surface area contributed by atoms with Gasteiger partial charge >= 0.3 is 11.9 Å². The fraction of sp³-hybridized carbons (Fsp3) is 0.516.